The highest BCUT2D eigenvalue weighted by Crippen LogP contribution is 2.00. The number of nitrogens with one attached hydrogen (secondary N) is 1. The Bertz CT molecular complexity index is 354. The number of hydrogen-bond acceptors (Lipinski definition) is 3. The molecule has 106 valence electrons. The third-order valence-electron chi connectivity index (χ3n) is 2.81. The first-order valence-corrected chi connectivity index (χ1v) is 6.89. The van der Waals surface area contributed by atoms with Crippen LogP contribution in [0.3, 0.4) is 0 Å². The van der Waals surface area contributed by atoms with Gasteiger partial charge in [-0.05, 0) is 18.4 Å². The summed E-state index contributed by atoms with van der Waals surface area (Å²) in [5, 5.41) is 2.82. The van der Waals surface area contributed by atoms with E-state index in [1.165, 1.54) is 0 Å². The average molecular weight is 264 g/mol. The number of nitrogens with two attached hydrogens (primary N) is 1. The first-order valence-electron chi connectivity index (χ1n) is 6.89. The molecular formula is C15H24N2O2. The van der Waals surface area contributed by atoms with Gasteiger partial charge in [-0.2, -0.15) is 0 Å². The van der Waals surface area contributed by atoms with E-state index in [0.717, 1.165) is 24.8 Å². The van der Waals surface area contributed by atoms with Crippen LogP contribution in [0.4, 0.5) is 0 Å². The van der Waals surface area contributed by atoms with Crippen molar-refractivity contribution in [1.29, 1.82) is 0 Å². The zero-order chi connectivity index (χ0) is 13.9. The summed E-state index contributed by atoms with van der Waals surface area (Å²) in [6, 6.07) is 9.66. The van der Waals surface area contributed by atoms with Gasteiger partial charge in [0.2, 0.25) is 5.91 Å². The summed E-state index contributed by atoms with van der Waals surface area (Å²) < 4.78 is 5.53. The Balaban J connectivity index is 2.01. The summed E-state index contributed by atoms with van der Waals surface area (Å²) in [5.74, 6) is -0.0649. The van der Waals surface area contributed by atoms with Crippen molar-refractivity contribution in [3.8, 4) is 0 Å². The number of carbonyl (C=O) groups excluding carboxylic acids is 1. The van der Waals surface area contributed by atoms with E-state index in [-0.39, 0.29) is 11.9 Å². The van der Waals surface area contributed by atoms with Crippen LogP contribution in [0.25, 0.3) is 0 Å². The molecule has 0 fully saturated rings. The molecule has 0 aliphatic rings. The van der Waals surface area contributed by atoms with Crippen LogP contribution in [0.2, 0.25) is 0 Å². The van der Waals surface area contributed by atoms with Crippen molar-refractivity contribution >= 4 is 5.91 Å². The van der Waals surface area contributed by atoms with Crippen LogP contribution < -0.4 is 11.1 Å². The van der Waals surface area contributed by atoms with Gasteiger partial charge >= 0.3 is 0 Å². The summed E-state index contributed by atoms with van der Waals surface area (Å²) >= 11 is 0. The van der Waals surface area contributed by atoms with Crippen molar-refractivity contribution in [3.05, 3.63) is 35.9 Å². The van der Waals surface area contributed by atoms with E-state index in [1.807, 2.05) is 37.3 Å². The van der Waals surface area contributed by atoms with E-state index in [1.54, 1.807) is 0 Å². The third kappa shape index (κ3) is 6.94. The van der Waals surface area contributed by atoms with Crippen molar-refractivity contribution in [2.45, 2.75) is 38.8 Å². The lowest BCUT2D eigenvalue weighted by atomic mass is 10.2. The molecule has 0 heterocycles. The minimum atomic E-state index is -0.379. The summed E-state index contributed by atoms with van der Waals surface area (Å²) in [7, 11) is 0. The molecule has 1 aromatic carbocycles. The highest BCUT2D eigenvalue weighted by molar-refractivity contribution is 5.81. The SMILES string of the molecule is CCC[C@@H](N)C(=O)NCCCOCc1ccccc1. The normalized spacial score (nSPS) is 12.1. The van der Waals surface area contributed by atoms with Gasteiger partial charge in [-0.15, -0.1) is 0 Å². The molecule has 1 rings (SSSR count). The molecule has 0 bridgehead atoms. The second-order valence-electron chi connectivity index (χ2n) is 4.58. The lowest BCUT2D eigenvalue weighted by Crippen LogP contribution is -2.40. The topological polar surface area (TPSA) is 64.4 Å². The molecule has 3 N–H and O–H groups in total. The molecule has 4 heteroatoms. The van der Waals surface area contributed by atoms with Crippen LogP contribution in [0.5, 0.6) is 0 Å². The fraction of sp³-hybridized carbons (Fsp3) is 0.533. The molecule has 0 aromatic heterocycles. The van der Waals surface area contributed by atoms with Gasteiger partial charge in [0.15, 0.2) is 0 Å². The molecule has 0 aliphatic carbocycles. The Morgan fingerprint density at radius 1 is 1.37 bits per heavy atom. The standard InChI is InChI=1S/C15H24N2O2/c1-2-7-14(16)15(18)17-10-6-11-19-12-13-8-4-3-5-9-13/h3-5,8-9,14H,2,6-7,10-12,16H2,1H3,(H,17,18)/t14-/m1/s1. The Morgan fingerprint density at radius 2 is 2.11 bits per heavy atom. The number of ether oxygens (including phenoxy) is 1. The van der Waals surface area contributed by atoms with Crippen molar-refractivity contribution in [2.75, 3.05) is 13.2 Å². The highest BCUT2D eigenvalue weighted by atomic mass is 16.5. The molecule has 0 saturated carbocycles. The Kier molecular flexibility index (Phi) is 7.86. The highest BCUT2D eigenvalue weighted by Gasteiger charge is 2.10. The molecule has 0 spiro atoms. The van der Waals surface area contributed by atoms with E-state index >= 15 is 0 Å². The van der Waals surface area contributed by atoms with Crippen molar-refractivity contribution in [3.63, 3.8) is 0 Å². The quantitative estimate of drug-likeness (QED) is 0.669. The van der Waals surface area contributed by atoms with E-state index in [0.29, 0.717) is 19.8 Å². The molecular weight excluding hydrogens is 240 g/mol. The summed E-state index contributed by atoms with van der Waals surface area (Å²) in [6.07, 6.45) is 2.46. The maximum atomic E-state index is 11.5. The smallest absolute Gasteiger partial charge is 0.236 e. The van der Waals surface area contributed by atoms with Gasteiger partial charge in [-0.1, -0.05) is 43.7 Å². The monoisotopic (exact) mass is 264 g/mol. The summed E-state index contributed by atoms with van der Waals surface area (Å²) in [5.41, 5.74) is 6.86. The molecule has 19 heavy (non-hydrogen) atoms. The molecule has 1 atom stereocenters. The maximum absolute atomic E-state index is 11.5. The van der Waals surface area contributed by atoms with Gasteiger partial charge < -0.3 is 15.8 Å². The molecule has 0 aliphatic heterocycles. The van der Waals surface area contributed by atoms with Crippen LogP contribution in [0, 0.1) is 0 Å². The molecule has 0 radical (unpaired) electrons. The minimum Gasteiger partial charge on any atom is -0.377 e. The maximum Gasteiger partial charge on any atom is 0.236 e. The largest absolute Gasteiger partial charge is 0.377 e. The molecule has 1 aromatic rings. The van der Waals surface area contributed by atoms with E-state index < -0.39 is 0 Å². The van der Waals surface area contributed by atoms with Gasteiger partial charge in [0.25, 0.3) is 0 Å². The average Bonchev–Trinajstić information content (AvgIpc) is 2.43. The van der Waals surface area contributed by atoms with Crippen LogP contribution in [-0.2, 0) is 16.1 Å². The van der Waals surface area contributed by atoms with Gasteiger partial charge in [-0.25, -0.2) is 0 Å². The lowest BCUT2D eigenvalue weighted by Gasteiger charge is -2.11. The lowest BCUT2D eigenvalue weighted by molar-refractivity contribution is -0.122. The van der Waals surface area contributed by atoms with E-state index in [2.05, 4.69) is 5.32 Å². The molecule has 0 unspecified atom stereocenters. The van der Waals surface area contributed by atoms with Crippen LogP contribution in [-0.4, -0.2) is 25.1 Å². The van der Waals surface area contributed by atoms with Gasteiger partial charge in [-0.3, -0.25) is 4.79 Å². The van der Waals surface area contributed by atoms with Crippen molar-refractivity contribution in [1.82, 2.24) is 5.32 Å². The number of carbonyl (C=O) groups is 1. The van der Waals surface area contributed by atoms with Crippen molar-refractivity contribution in [2.24, 2.45) is 5.73 Å². The third-order valence-corrected chi connectivity index (χ3v) is 2.81. The first kappa shape index (κ1) is 15.7. The zero-order valence-electron chi connectivity index (χ0n) is 11.6. The second kappa shape index (κ2) is 9.53. The fourth-order valence-corrected chi connectivity index (χ4v) is 1.72. The molecule has 0 saturated heterocycles. The Labute approximate surface area is 115 Å². The van der Waals surface area contributed by atoms with Crippen molar-refractivity contribution < 1.29 is 9.53 Å². The van der Waals surface area contributed by atoms with Crippen LogP contribution in [0.1, 0.15) is 31.7 Å². The molecule has 1 amide bonds. The number of hydrogen-bond donors (Lipinski definition) is 2. The van der Waals surface area contributed by atoms with E-state index in [9.17, 15) is 4.79 Å². The number of benzene rings is 1. The number of rotatable bonds is 9. The Hall–Kier alpha value is -1.39. The first-order chi connectivity index (χ1) is 9.24. The molecule has 4 nitrogen and oxygen atoms in total. The minimum absolute atomic E-state index is 0.0649. The van der Waals surface area contributed by atoms with Gasteiger partial charge in [0, 0.05) is 13.2 Å². The van der Waals surface area contributed by atoms with Gasteiger partial charge in [0.1, 0.15) is 0 Å². The van der Waals surface area contributed by atoms with Gasteiger partial charge in [0.05, 0.1) is 12.6 Å². The zero-order valence-corrected chi connectivity index (χ0v) is 11.6. The fourth-order valence-electron chi connectivity index (χ4n) is 1.72. The summed E-state index contributed by atoms with van der Waals surface area (Å²) in [6.45, 7) is 3.89. The Morgan fingerprint density at radius 3 is 2.79 bits per heavy atom. The summed E-state index contributed by atoms with van der Waals surface area (Å²) in [4.78, 5) is 11.5. The predicted molar refractivity (Wildman–Crippen MR) is 76.6 cm³/mol. The van der Waals surface area contributed by atoms with Crippen LogP contribution in [0.15, 0.2) is 30.3 Å². The van der Waals surface area contributed by atoms with E-state index in [4.69, 9.17) is 10.5 Å². The van der Waals surface area contributed by atoms with Crippen LogP contribution >= 0.6 is 0 Å². The predicted octanol–water partition coefficient (Wildman–Crippen LogP) is 1.84. The number of amides is 1. The second-order valence-corrected chi connectivity index (χ2v) is 4.58.